The Bertz CT molecular complexity index is 1100. The summed E-state index contributed by atoms with van der Waals surface area (Å²) < 4.78 is 3.29. The first-order valence-electron chi connectivity index (χ1n) is 7.30. The molecule has 0 atom stereocenters. The molecule has 0 aliphatic carbocycles. The van der Waals surface area contributed by atoms with Crippen molar-refractivity contribution in [3.05, 3.63) is 51.6 Å². The summed E-state index contributed by atoms with van der Waals surface area (Å²) in [6.45, 7) is 3.00. The second-order valence-corrected chi connectivity index (χ2v) is 6.69. The standard InChI is InChI=1S/C18H12BrClN2O/c1-2-22-15-5-3-11(19)8-13(15)17-12-7-10(9-23)18(20)21-14(12)4-6-16(17)22/h3-9H,2H2,1H3. The van der Waals surface area contributed by atoms with Crippen molar-refractivity contribution in [2.24, 2.45) is 0 Å². The van der Waals surface area contributed by atoms with Crippen LogP contribution >= 0.6 is 27.5 Å². The summed E-state index contributed by atoms with van der Waals surface area (Å²) in [5.74, 6) is 0. The molecule has 2 aromatic heterocycles. The molecule has 2 aromatic carbocycles. The number of fused-ring (bicyclic) bond motifs is 5. The number of hydrogen-bond donors (Lipinski definition) is 0. The van der Waals surface area contributed by atoms with Crippen molar-refractivity contribution in [3.63, 3.8) is 0 Å². The first kappa shape index (κ1) is 14.7. The van der Waals surface area contributed by atoms with E-state index >= 15 is 0 Å². The molecule has 5 heteroatoms. The highest BCUT2D eigenvalue weighted by atomic mass is 79.9. The van der Waals surface area contributed by atoms with Crippen LogP contribution in [0, 0.1) is 0 Å². The second kappa shape index (κ2) is 5.32. The van der Waals surface area contributed by atoms with Gasteiger partial charge < -0.3 is 4.57 Å². The molecule has 114 valence electrons. The number of halogens is 2. The fourth-order valence-corrected chi connectivity index (χ4v) is 3.78. The Morgan fingerprint density at radius 3 is 2.70 bits per heavy atom. The topological polar surface area (TPSA) is 34.9 Å². The van der Waals surface area contributed by atoms with E-state index in [1.165, 1.54) is 5.52 Å². The lowest BCUT2D eigenvalue weighted by Gasteiger charge is -2.05. The van der Waals surface area contributed by atoms with Gasteiger partial charge in [-0.2, -0.15) is 0 Å². The van der Waals surface area contributed by atoms with E-state index in [2.05, 4.69) is 50.6 Å². The van der Waals surface area contributed by atoms with Gasteiger partial charge >= 0.3 is 0 Å². The third-order valence-electron chi connectivity index (χ3n) is 4.21. The average Bonchev–Trinajstić information content (AvgIpc) is 2.87. The molecular weight excluding hydrogens is 376 g/mol. The van der Waals surface area contributed by atoms with E-state index in [-0.39, 0.29) is 5.15 Å². The first-order valence-corrected chi connectivity index (χ1v) is 8.47. The predicted octanol–water partition coefficient (Wildman–Crippen LogP) is 5.59. The summed E-state index contributed by atoms with van der Waals surface area (Å²) >= 11 is 9.63. The van der Waals surface area contributed by atoms with Gasteiger partial charge in [-0.25, -0.2) is 4.98 Å². The van der Waals surface area contributed by atoms with E-state index in [1.54, 1.807) is 0 Å². The zero-order valence-electron chi connectivity index (χ0n) is 12.3. The molecule has 0 aliphatic heterocycles. The van der Waals surface area contributed by atoms with Gasteiger partial charge in [-0.15, -0.1) is 0 Å². The molecule has 0 amide bonds. The third-order valence-corrected chi connectivity index (χ3v) is 5.01. The smallest absolute Gasteiger partial charge is 0.153 e. The van der Waals surface area contributed by atoms with Crippen LogP contribution in [-0.4, -0.2) is 15.8 Å². The number of pyridine rings is 1. The maximum Gasteiger partial charge on any atom is 0.153 e. The number of rotatable bonds is 2. The molecule has 0 fully saturated rings. The van der Waals surface area contributed by atoms with Gasteiger partial charge in [-0.1, -0.05) is 27.5 Å². The van der Waals surface area contributed by atoms with Crippen LogP contribution in [-0.2, 0) is 6.54 Å². The number of carbonyl (C=O) groups excluding carboxylic acids is 1. The molecule has 0 saturated heterocycles. The number of aromatic nitrogens is 2. The normalized spacial score (nSPS) is 11.6. The SMILES string of the molecule is CCn1c2ccc(Br)cc2c2c3cc(C=O)c(Cl)nc3ccc21. The molecule has 23 heavy (non-hydrogen) atoms. The second-order valence-electron chi connectivity index (χ2n) is 5.42. The van der Waals surface area contributed by atoms with Crippen molar-refractivity contribution in [2.75, 3.05) is 0 Å². The van der Waals surface area contributed by atoms with E-state index in [9.17, 15) is 4.79 Å². The summed E-state index contributed by atoms with van der Waals surface area (Å²) in [4.78, 5) is 15.6. The van der Waals surface area contributed by atoms with Crippen LogP contribution in [0.5, 0.6) is 0 Å². The number of aldehydes is 1. The highest BCUT2D eigenvalue weighted by Gasteiger charge is 2.15. The minimum absolute atomic E-state index is 0.243. The van der Waals surface area contributed by atoms with Crippen LogP contribution in [0.25, 0.3) is 32.7 Å². The molecule has 0 unspecified atom stereocenters. The molecule has 4 aromatic rings. The molecule has 0 aliphatic rings. The van der Waals surface area contributed by atoms with Gasteiger partial charge in [-0.3, -0.25) is 4.79 Å². The van der Waals surface area contributed by atoms with E-state index in [4.69, 9.17) is 11.6 Å². The van der Waals surface area contributed by atoms with E-state index in [0.29, 0.717) is 5.56 Å². The summed E-state index contributed by atoms with van der Waals surface area (Å²) in [7, 11) is 0. The zero-order valence-corrected chi connectivity index (χ0v) is 14.6. The lowest BCUT2D eigenvalue weighted by molar-refractivity contribution is 0.112. The molecule has 0 spiro atoms. The molecule has 0 N–H and O–H groups in total. The Balaban J connectivity index is 2.31. The molecular formula is C18H12BrClN2O. The lowest BCUT2D eigenvalue weighted by Crippen LogP contribution is -1.93. The van der Waals surface area contributed by atoms with Gasteiger partial charge in [-0.05, 0) is 43.3 Å². The Morgan fingerprint density at radius 1 is 1.17 bits per heavy atom. The van der Waals surface area contributed by atoms with Gasteiger partial charge in [0.05, 0.1) is 11.1 Å². The Morgan fingerprint density at radius 2 is 1.96 bits per heavy atom. The lowest BCUT2D eigenvalue weighted by atomic mass is 10.1. The predicted molar refractivity (Wildman–Crippen MR) is 98.5 cm³/mol. The molecule has 0 radical (unpaired) electrons. The van der Waals surface area contributed by atoms with Gasteiger partial charge in [0.25, 0.3) is 0 Å². The van der Waals surface area contributed by atoms with Crippen LogP contribution in [0.3, 0.4) is 0 Å². The monoisotopic (exact) mass is 386 g/mol. The molecule has 0 bridgehead atoms. The van der Waals surface area contributed by atoms with Gasteiger partial charge in [0.15, 0.2) is 6.29 Å². The summed E-state index contributed by atoms with van der Waals surface area (Å²) in [6.07, 6.45) is 0.753. The summed E-state index contributed by atoms with van der Waals surface area (Å²) in [6, 6.07) is 12.1. The minimum Gasteiger partial charge on any atom is -0.341 e. The third kappa shape index (κ3) is 2.09. The minimum atomic E-state index is 0.243. The summed E-state index contributed by atoms with van der Waals surface area (Å²) in [5.41, 5.74) is 3.51. The zero-order chi connectivity index (χ0) is 16.1. The molecule has 4 rings (SSSR count). The Labute approximate surface area is 146 Å². The largest absolute Gasteiger partial charge is 0.341 e. The molecule has 2 heterocycles. The maximum atomic E-state index is 11.2. The molecule has 0 saturated carbocycles. The Kier molecular flexibility index (Phi) is 3.39. The van der Waals surface area contributed by atoms with Crippen molar-refractivity contribution in [1.82, 2.24) is 9.55 Å². The fourth-order valence-electron chi connectivity index (χ4n) is 3.23. The highest BCUT2D eigenvalue weighted by molar-refractivity contribution is 9.10. The van der Waals surface area contributed by atoms with Crippen LogP contribution in [0.4, 0.5) is 0 Å². The van der Waals surface area contributed by atoms with Crippen molar-refractivity contribution in [1.29, 1.82) is 0 Å². The van der Waals surface area contributed by atoms with Crippen molar-refractivity contribution >= 4 is 66.5 Å². The van der Waals surface area contributed by atoms with Crippen molar-refractivity contribution in [3.8, 4) is 0 Å². The van der Waals surface area contributed by atoms with Crippen LogP contribution in [0.1, 0.15) is 17.3 Å². The maximum absolute atomic E-state index is 11.2. The van der Waals surface area contributed by atoms with Gasteiger partial charge in [0.1, 0.15) is 5.15 Å². The summed E-state index contributed by atoms with van der Waals surface area (Å²) in [5, 5.41) is 3.44. The average molecular weight is 388 g/mol. The fraction of sp³-hybridized carbons (Fsp3) is 0.111. The van der Waals surface area contributed by atoms with Crippen LogP contribution in [0.15, 0.2) is 40.9 Å². The van der Waals surface area contributed by atoms with E-state index in [0.717, 1.165) is 44.5 Å². The first-order chi connectivity index (χ1) is 11.1. The number of carbonyl (C=O) groups is 1. The van der Waals surface area contributed by atoms with Crippen LogP contribution in [0.2, 0.25) is 5.15 Å². The number of nitrogens with zero attached hydrogens (tertiary/aromatic N) is 2. The van der Waals surface area contributed by atoms with Crippen LogP contribution < -0.4 is 0 Å². The number of aryl methyl sites for hydroxylation is 1. The quantitative estimate of drug-likeness (QED) is 0.332. The highest BCUT2D eigenvalue weighted by Crippen LogP contribution is 2.36. The van der Waals surface area contributed by atoms with E-state index in [1.807, 2.05) is 18.2 Å². The van der Waals surface area contributed by atoms with Crippen molar-refractivity contribution < 1.29 is 4.79 Å². The number of hydrogen-bond acceptors (Lipinski definition) is 2. The van der Waals surface area contributed by atoms with Gasteiger partial charge in [0.2, 0.25) is 0 Å². The van der Waals surface area contributed by atoms with Gasteiger partial charge in [0, 0.05) is 38.2 Å². The number of benzene rings is 2. The molecule has 3 nitrogen and oxygen atoms in total. The Hall–Kier alpha value is -1.91. The van der Waals surface area contributed by atoms with E-state index < -0.39 is 0 Å². The van der Waals surface area contributed by atoms with Crippen molar-refractivity contribution in [2.45, 2.75) is 13.5 Å².